The number of hydrogen-bond acceptors (Lipinski definition) is 1. The second-order valence-corrected chi connectivity index (χ2v) is 5.51. The highest BCUT2D eigenvalue weighted by atomic mass is 14.9. The first kappa shape index (κ1) is 13.6. The van der Waals surface area contributed by atoms with Gasteiger partial charge in [0.2, 0.25) is 0 Å². The molecule has 0 heterocycles. The first-order valence-electron chi connectivity index (χ1n) is 7.73. The van der Waals surface area contributed by atoms with Crippen LogP contribution in [0.1, 0.15) is 69.0 Å². The van der Waals surface area contributed by atoms with Crippen LogP contribution < -0.4 is 5.32 Å². The Morgan fingerprint density at radius 3 is 2.89 bits per heavy atom. The topological polar surface area (TPSA) is 12.0 Å². The van der Waals surface area contributed by atoms with Crippen LogP contribution in [0.5, 0.6) is 0 Å². The first-order chi connectivity index (χ1) is 8.92. The summed E-state index contributed by atoms with van der Waals surface area (Å²) in [4.78, 5) is 0. The third-order valence-electron chi connectivity index (χ3n) is 4.04. The van der Waals surface area contributed by atoms with Crippen LogP contribution in [0.15, 0.2) is 24.3 Å². The van der Waals surface area contributed by atoms with Crippen LogP contribution in [-0.2, 0) is 6.42 Å². The summed E-state index contributed by atoms with van der Waals surface area (Å²) >= 11 is 0. The molecule has 1 aliphatic carbocycles. The summed E-state index contributed by atoms with van der Waals surface area (Å²) in [5.74, 6) is 0. The minimum absolute atomic E-state index is 0.602. The summed E-state index contributed by atoms with van der Waals surface area (Å²) in [6.45, 7) is 3.45. The Hall–Kier alpha value is -0.820. The lowest BCUT2D eigenvalue weighted by Gasteiger charge is -2.19. The molecule has 1 heteroatoms. The van der Waals surface area contributed by atoms with Crippen molar-refractivity contribution in [2.75, 3.05) is 6.54 Å². The average molecular weight is 245 g/mol. The molecule has 1 unspecified atom stereocenters. The molecule has 0 aliphatic heterocycles. The second kappa shape index (κ2) is 7.58. The highest BCUT2D eigenvalue weighted by Crippen LogP contribution is 2.28. The van der Waals surface area contributed by atoms with Crippen LogP contribution in [-0.4, -0.2) is 6.54 Å². The van der Waals surface area contributed by atoms with Gasteiger partial charge in [0.05, 0.1) is 0 Å². The van der Waals surface area contributed by atoms with E-state index in [0.717, 1.165) is 0 Å². The van der Waals surface area contributed by atoms with Crippen molar-refractivity contribution < 1.29 is 0 Å². The molecular formula is C17H27N. The van der Waals surface area contributed by atoms with Gasteiger partial charge in [-0.25, -0.2) is 0 Å². The summed E-state index contributed by atoms with van der Waals surface area (Å²) in [5, 5.41) is 3.78. The van der Waals surface area contributed by atoms with Crippen molar-refractivity contribution in [3.63, 3.8) is 0 Å². The Balaban J connectivity index is 1.88. The van der Waals surface area contributed by atoms with Crippen molar-refractivity contribution in [3.05, 3.63) is 35.4 Å². The van der Waals surface area contributed by atoms with Gasteiger partial charge in [-0.2, -0.15) is 0 Å². The second-order valence-electron chi connectivity index (χ2n) is 5.51. The maximum absolute atomic E-state index is 3.78. The lowest BCUT2D eigenvalue weighted by Crippen LogP contribution is -2.22. The van der Waals surface area contributed by atoms with Gasteiger partial charge in [0, 0.05) is 6.04 Å². The van der Waals surface area contributed by atoms with Crippen LogP contribution >= 0.6 is 0 Å². The van der Waals surface area contributed by atoms with E-state index in [0.29, 0.717) is 6.04 Å². The number of unbranched alkanes of at least 4 members (excludes halogenated alkanes) is 3. The molecule has 18 heavy (non-hydrogen) atoms. The third kappa shape index (κ3) is 3.84. The average Bonchev–Trinajstić information content (AvgIpc) is 2.61. The van der Waals surface area contributed by atoms with Gasteiger partial charge in [-0.3, -0.25) is 0 Å². The zero-order valence-corrected chi connectivity index (χ0v) is 11.8. The monoisotopic (exact) mass is 245 g/mol. The molecule has 1 aromatic carbocycles. The molecule has 1 aromatic rings. The fourth-order valence-electron chi connectivity index (χ4n) is 2.96. The Labute approximate surface area is 112 Å². The van der Waals surface area contributed by atoms with Crippen LogP contribution in [0, 0.1) is 0 Å². The van der Waals surface area contributed by atoms with Gasteiger partial charge in [0.25, 0.3) is 0 Å². The number of nitrogens with one attached hydrogen (secondary N) is 1. The van der Waals surface area contributed by atoms with Gasteiger partial charge in [0.15, 0.2) is 0 Å². The zero-order valence-electron chi connectivity index (χ0n) is 11.8. The van der Waals surface area contributed by atoms with Crippen molar-refractivity contribution in [1.29, 1.82) is 0 Å². The van der Waals surface area contributed by atoms with Crippen LogP contribution in [0.2, 0.25) is 0 Å². The maximum atomic E-state index is 3.78. The van der Waals surface area contributed by atoms with Crippen LogP contribution in [0.4, 0.5) is 0 Å². The summed E-state index contributed by atoms with van der Waals surface area (Å²) in [6, 6.07) is 9.61. The molecule has 0 amide bonds. The molecule has 1 aliphatic rings. The van der Waals surface area contributed by atoms with Gasteiger partial charge < -0.3 is 5.32 Å². The Morgan fingerprint density at radius 2 is 2.00 bits per heavy atom. The standard InChI is InChI=1S/C17H27N/c1-2-3-4-9-14-18-17-13-8-6-11-15-10-5-7-12-16(15)17/h5,7,10,12,17-18H,2-4,6,8-9,11,13-14H2,1H3. The molecule has 0 fully saturated rings. The number of hydrogen-bond donors (Lipinski definition) is 1. The van der Waals surface area contributed by atoms with Gasteiger partial charge in [-0.15, -0.1) is 0 Å². The largest absolute Gasteiger partial charge is 0.310 e. The molecule has 0 saturated carbocycles. The molecular weight excluding hydrogens is 218 g/mol. The summed E-state index contributed by atoms with van der Waals surface area (Å²) in [6.07, 6.45) is 10.7. The number of benzene rings is 1. The minimum Gasteiger partial charge on any atom is -0.310 e. The van der Waals surface area contributed by atoms with E-state index in [4.69, 9.17) is 0 Å². The molecule has 2 rings (SSSR count). The summed E-state index contributed by atoms with van der Waals surface area (Å²) in [7, 11) is 0. The fraction of sp³-hybridized carbons (Fsp3) is 0.647. The quantitative estimate of drug-likeness (QED) is 0.569. The highest BCUT2D eigenvalue weighted by molar-refractivity contribution is 5.31. The van der Waals surface area contributed by atoms with E-state index < -0.39 is 0 Å². The predicted molar refractivity (Wildman–Crippen MR) is 78.9 cm³/mol. The van der Waals surface area contributed by atoms with Gasteiger partial charge in [-0.05, 0) is 43.4 Å². The lowest BCUT2D eigenvalue weighted by atomic mass is 9.99. The fourth-order valence-corrected chi connectivity index (χ4v) is 2.96. The summed E-state index contributed by atoms with van der Waals surface area (Å²) in [5.41, 5.74) is 3.13. The van der Waals surface area contributed by atoms with Crippen molar-refractivity contribution in [2.24, 2.45) is 0 Å². The van der Waals surface area contributed by atoms with Crippen molar-refractivity contribution in [3.8, 4) is 0 Å². The highest BCUT2D eigenvalue weighted by Gasteiger charge is 2.16. The summed E-state index contributed by atoms with van der Waals surface area (Å²) < 4.78 is 0. The van der Waals surface area contributed by atoms with E-state index in [2.05, 4.69) is 36.5 Å². The minimum atomic E-state index is 0.602. The van der Waals surface area contributed by atoms with Gasteiger partial charge in [0.1, 0.15) is 0 Å². The normalized spacial score (nSPS) is 19.3. The molecule has 1 nitrogen and oxygen atoms in total. The third-order valence-corrected chi connectivity index (χ3v) is 4.04. The van der Waals surface area contributed by atoms with Gasteiger partial charge in [-0.1, -0.05) is 56.9 Å². The Kier molecular flexibility index (Phi) is 5.73. The van der Waals surface area contributed by atoms with E-state index >= 15 is 0 Å². The van der Waals surface area contributed by atoms with E-state index in [9.17, 15) is 0 Å². The Bertz CT molecular complexity index is 345. The Morgan fingerprint density at radius 1 is 1.11 bits per heavy atom. The smallest absolute Gasteiger partial charge is 0.0322 e. The SMILES string of the molecule is CCCCCCNC1CCCCc2ccccc21. The van der Waals surface area contributed by atoms with Crippen molar-refractivity contribution >= 4 is 0 Å². The number of fused-ring (bicyclic) bond motifs is 1. The predicted octanol–water partition coefficient (Wildman–Crippen LogP) is 4.62. The first-order valence-corrected chi connectivity index (χ1v) is 7.73. The van der Waals surface area contributed by atoms with Crippen LogP contribution in [0.3, 0.4) is 0 Å². The molecule has 0 aromatic heterocycles. The van der Waals surface area contributed by atoms with E-state index in [-0.39, 0.29) is 0 Å². The van der Waals surface area contributed by atoms with E-state index in [1.54, 1.807) is 11.1 Å². The molecule has 1 atom stereocenters. The molecule has 1 N–H and O–H groups in total. The number of rotatable bonds is 6. The molecule has 0 spiro atoms. The van der Waals surface area contributed by atoms with Crippen LogP contribution in [0.25, 0.3) is 0 Å². The molecule has 100 valence electrons. The maximum Gasteiger partial charge on any atom is 0.0322 e. The van der Waals surface area contributed by atoms with Crippen molar-refractivity contribution in [1.82, 2.24) is 5.32 Å². The lowest BCUT2D eigenvalue weighted by molar-refractivity contribution is 0.475. The molecule has 0 saturated heterocycles. The van der Waals surface area contributed by atoms with Crippen molar-refractivity contribution in [2.45, 2.75) is 64.3 Å². The van der Waals surface area contributed by atoms with E-state index in [1.165, 1.54) is 57.9 Å². The zero-order chi connectivity index (χ0) is 12.6. The molecule has 0 radical (unpaired) electrons. The number of aryl methyl sites for hydroxylation is 1. The van der Waals surface area contributed by atoms with Gasteiger partial charge >= 0.3 is 0 Å². The molecule has 0 bridgehead atoms. The van der Waals surface area contributed by atoms with E-state index in [1.807, 2.05) is 0 Å².